The number of hydrogen-bond acceptors (Lipinski definition) is 4. The zero-order chi connectivity index (χ0) is 4.50. The van der Waals surface area contributed by atoms with Crippen molar-refractivity contribution in [2.24, 2.45) is 0 Å². The third-order valence-corrected chi connectivity index (χ3v) is 0. The van der Waals surface area contributed by atoms with E-state index in [1.807, 2.05) is 0 Å². The molecule has 0 bridgehead atoms. The monoisotopic (exact) mass is 325 g/mol. The van der Waals surface area contributed by atoms with Crippen molar-refractivity contribution in [3.8, 4) is 0 Å². The Morgan fingerprint density at radius 1 is 0.857 bits per heavy atom. The summed E-state index contributed by atoms with van der Waals surface area (Å²) in [6.45, 7) is 0. The van der Waals surface area contributed by atoms with Crippen LogP contribution in [0.4, 0.5) is 0 Å². The Labute approximate surface area is 101 Å². The molecule has 0 fully saturated rings. The largest absolute Gasteiger partial charge is 0.668 e. The molecule has 7 heteroatoms. The fourth-order valence-electron chi connectivity index (χ4n) is 0. The van der Waals surface area contributed by atoms with Gasteiger partial charge in [-0.2, -0.15) is 0 Å². The van der Waals surface area contributed by atoms with E-state index in [1.54, 1.807) is 0 Å². The average Bonchev–Trinajstić information content (AvgIpc) is 0.722. The van der Waals surface area contributed by atoms with Crippen molar-refractivity contribution >= 4 is 9.05 Å². The van der Waals surface area contributed by atoms with E-state index < -0.39 is 9.05 Å². The van der Waals surface area contributed by atoms with Gasteiger partial charge in [0, 0.05) is 74.5 Å². The Balaban J connectivity index is -0.0000000800. The van der Waals surface area contributed by atoms with Crippen molar-refractivity contribution in [1.29, 1.82) is 0 Å². The number of rotatable bonds is 0. The summed E-state index contributed by atoms with van der Waals surface area (Å²) in [6.07, 6.45) is 0. The molecular formula is H4CeO4SiY. The van der Waals surface area contributed by atoms with Crippen molar-refractivity contribution < 1.29 is 93.6 Å². The van der Waals surface area contributed by atoms with E-state index in [2.05, 4.69) is 0 Å². The molecule has 4 N–H and O–H groups in total. The Morgan fingerprint density at radius 2 is 0.857 bits per heavy atom. The minimum absolute atomic E-state index is 0. The van der Waals surface area contributed by atoms with Crippen molar-refractivity contribution in [2.45, 2.75) is 0 Å². The molecule has 4 nitrogen and oxygen atoms in total. The Bertz CT molecular complexity index is 27.2. The van der Waals surface area contributed by atoms with Gasteiger partial charge in [-0.3, -0.25) is 0 Å². The molecule has 0 heterocycles. The van der Waals surface area contributed by atoms with E-state index in [0.29, 0.717) is 0 Å². The van der Waals surface area contributed by atoms with Crippen molar-refractivity contribution in [2.75, 3.05) is 0 Å². The molecule has 0 atom stereocenters. The maximum atomic E-state index is 7.33. The van der Waals surface area contributed by atoms with Crippen molar-refractivity contribution in [1.82, 2.24) is 0 Å². The molecule has 0 spiro atoms. The molecule has 0 unspecified atom stereocenters. The minimum Gasteiger partial charge on any atom is -0.368 e. The van der Waals surface area contributed by atoms with Crippen LogP contribution in [0.5, 0.6) is 0 Å². The topological polar surface area (TPSA) is 80.9 Å². The van der Waals surface area contributed by atoms with Gasteiger partial charge in [0.05, 0.1) is 0 Å². The molecule has 39 valence electrons. The SMILES string of the molecule is O[Si](O)(O)O.[Ce].[Y]. The van der Waals surface area contributed by atoms with Crippen LogP contribution >= 0.6 is 0 Å². The van der Waals surface area contributed by atoms with E-state index in [9.17, 15) is 0 Å². The second-order valence-corrected chi connectivity index (χ2v) is 1.80. The van der Waals surface area contributed by atoms with Gasteiger partial charge >= 0.3 is 9.05 Å². The summed E-state index contributed by atoms with van der Waals surface area (Å²) in [4.78, 5) is 29.3. The zero-order valence-corrected chi connectivity index (χ0v) is 10.3. The van der Waals surface area contributed by atoms with Crippen LogP contribution in [0.25, 0.3) is 0 Å². The smallest absolute Gasteiger partial charge is 0.368 e. The third-order valence-electron chi connectivity index (χ3n) is 0. The summed E-state index contributed by atoms with van der Waals surface area (Å²) in [7, 11) is -4.61. The summed E-state index contributed by atoms with van der Waals surface area (Å²) in [5.41, 5.74) is 0. The van der Waals surface area contributed by atoms with Gasteiger partial charge in [-0.1, -0.05) is 0 Å². The molecule has 1 radical (unpaired) electrons. The van der Waals surface area contributed by atoms with E-state index >= 15 is 0 Å². The molecule has 0 aromatic carbocycles. The maximum Gasteiger partial charge on any atom is 0.668 e. The third kappa shape index (κ3) is 56.7. The van der Waals surface area contributed by atoms with Crippen LogP contribution in [-0.4, -0.2) is 28.2 Å². The Hall–Kier alpha value is 2.54. The van der Waals surface area contributed by atoms with Gasteiger partial charge in [0.25, 0.3) is 0 Å². The Morgan fingerprint density at radius 3 is 0.857 bits per heavy atom. The van der Waals surface area contributed by atoms with Gasteiger partial charge < -0.3 is 19.2 Å². The maximum absolute atomic E-state index is 7.33. The fourth-order valence-corrected chi connectivity index (χ4v) is 0. The summed E-state index contributed by atoms with van der Waals surface area (Å²) in [5.74, 6) is 0. The van der Waals surface area contributed by atoms with Gasteiger partial charge in [0.15, 0.2) is 0 Å². The van der Waals surface area contributed by atoms with Gasteiger partial charge in [-0.05, 0) is 0 Å². The second-order valence-electron chi connectivity index (χ2n) is 0.600. The van der Waals surface area contributed by atoms with E-state index in [4.69, 9.17) is 19.2 Å². The summed E-state index contributed by atoms with van der Waals surface area (Å²) in [5, 5.41) is 0. The standard InChI is InChI=1S/Ce.H4O4Si.Y/c;1-5(2,3)4;/h;1-4H;. The zero-order valence-electron chi connectivity index (χ0n) is 3.37. The van der Waals surface area contributed by atoms with Crippen LogP contribution < -0.4 is 0 Å². The van der Waals surface area contributed by atoms with E-state index in [0.717, 1.165) is 0 Å². The molecule has 0 aromatic rings. The quantitative estimate of drug-likeness (QED) is 0.368. The molecule has 7 heavy (non-hydrogen) atoms. The van der Waals surface area contributed by atoms with Crippen LogP contribution in [0.1, 0.15) is 0 Å². The van der Waals surface area contributed by atoms with Crippen LogP contribution in [0, 0.1) is 41.7 Å². The molecule has 0 rings (SSSR count). The minimum atomic E-state index is -4.61. The van der Waals surface area contributed by atoms with Crippen LogP contribution in [-0.2, 0) is 32.7 Å². The van der Waals surface area contributed by atoms with Crippen molar-refractivity contribution in [3.05, 3.63) is 0 Å². The molecule has 0 amide bonds. The van der Waals surface area contributed by atoms with Gasteiger partial charge in [-0.15, -0.1) is 0 Å². The van der Waals surface area contributed by atoms with Crippen LogP contribution in [0.3, 0.4) is 0 Å². The molecule has 0 saturated heterocycles. The Kier molecular flexibility index (Phi) is 15.5. The fraction of sp³-hybridized carbons (Fsp3) is 0. The number of hydrogen-bond donors (Lipinski definition) is 4. The van der Waals surface area contributed by atoms with Gasteiger partial charge in [0.1, 0.15) is 0 Å². The van der Waals surface area contributed by atoms with Crippen molar-refractivity contribution in [3.63, 3.8) is 0 Å². The van der Waals surface area contributed by atoms with E-state index in [-0.39, 0.29) is 74.5 Å². The summed E-state index contributed by atoms with van der Waals surface area (Å²) in [6, 6.07) is 0. The first-order chi connectivity index (χ1) is 2.00. The first-order valence-corrected chi connectivity index (χ1v) is 2.68. The van der Waals surface area contributed by atoms with E-state index in [1.165, 1.54) is 0 Å². The first kappa shape index (κ1) is 16.3. The van der Waals surface area contributed by atoms with Crippen LogP contribution in [0.2, 0.25) is 0 Å². The molecule has 0 aliphatic carbocycles. The molecule has 0 aromatic heterocycles. The predicted octanol–water partition coefficient (Wildman–Crippen LogP) is -2.61. The summed E-state index contributed by atoms with van der Waals surface area (Å²) < 4.78 is 0. The van der Waals surface area contributed by atoms with Crippen LogP contribution in [0.15, 0.2) is 0 Å². The molecule has 0 saturated carbocycles. The first-order valence-electron chi connectivity index (χ1n) is 0.894. The molecule has 0 aliphatic rings. The average molecular weight is 325 g/mol. The predicted molar refractivity (Wildman–Crippen MR) is 14.6 cm³/mol. The van der Waals surface area contributed by atoms with Gasteiger partial charge in [-0.25, -0.2) is 0 Å². The summed E-state index contributed by atoms with van der Waals surface area (Å²) >= 11 is 0. The molecule has 0 aliphatic heterocycles. The molecular weight excluding hydrogens is 321 g/mol. The normalized spacial score (nSPS) is 8.57. The van der Waals surface area contributed by atoms with Gasteiger partial charge in [0.2, 0.25) is 0 Å². The second kappa shape index (κ2) is 6.65.